The molecule has 1 atom stereocenters. The molecule has 0 bridgehead atoms. The van der Waals surface area contributed by atoms with Crippen LogP contribution >= 0.6 is 11.8 Å². The minimum atomic E-state index is -0.149. The van der Waals surface area contributed by atoms with Gasteiger partial charge in [-0.1, -0.05) is 37.1 Å². The summed E-state index contributed by atoms with van der Waals surface area (Å²) in [5, 5.41) is 13.2. The zero-order valence-corrected chi connectivity index (χ0v) is 19.4. The zero-order valence-electron chi connectivity index (χ0n) is 18.5. The van der Waals surface area contributed by atoms with Crippen LogP contribution in [0.15, 0.2) is 29.4 Å². The Morgan fingerprint density at radius 3 is 2.71 bits per heavy atom. The maximum absolute atomic E-state index is 12.8. The summed E-state index contributed by atoms with van der Waals surface area (Å²) in [6.07, 6.45) is 8.28. The average Bonchev–Trinajstić information content (AvgIpc) is 3.48. The average molecular weight is 444 g/mol. The summed E-state index contributed by atoms with van der Waals surface area (Å²) in [5.41, 5.74) is 0.990. The molecule has 7 nitrogen and oxygen atoms in total. The molecule has 1 N–H and O–H groups in total. The van der Waals surface area contributed by atoms with Gasteiger partial charge in [-0.3, -0.25) is 4.79 Å². The van der Waals surface area contributed by atoms with Gasteiger partial charge in [-0.25, -0.2) is 0 Å². The predicted molar refractivity (Wildman–Crippen MR) is 124 cm³/mol. The third-order valence-corrected chi connectivity index (χ3v) is 7.29. The first-order valence-corrected chi connectivity index (χ1v) is 12.3. The van der Waals surface area contributed by atoms with E-state index >= 15 is 0 Å². The van der Waals surface area contributed by atoms with Crippen molar-refractivity contribution in [3.63, 3.8) is 0 Å². The Morgan fingerprint density at radius 1 is 1.19 bits per heavy atom. The Morgan fingerprint density at radius 2 is 1.97 bits per heavy atom. The number of hydrogen-bond donors (Lipinski definition) is 1. The van der Waals surface area contributed by atoms with Crippen molar-refractivity contribution in [3.8, 4) is 5.75 Å². The minimum absolute atomic E-state index is 0.149. The van der Waals surface area contributed by atoms with Gasteiger partial charge in [0.25, 0.3) is 0 Å². The summed E-state index contributed by atoms with van der Waals surface area (Å²) in [4.78, 5) is 14.8. The third kappa shape index (κ3) is 5.34. The molecule has 1 saturated carbocycles. The molecule has 31 heavy (non-hydrogen) atoms. The quantitative estimate of drug-likeness (QED) is 0.606. The number of hydrogen-bond acceptors (Lipinski definition) is 6. The predicted octanol–water partition coefficient (Wildman–Crippen LogP) is 4.51. The molecule has 1 aliphatic carbocycles. The van der Waals surface area contributed by atoms with Crippen LogP contribution in [-0.2, 0) is 11.3 Å². The van der Waals surface area contributed by atoms with Gasteiger partial charge in [0.1, 0.15) is 5.75 Å². The summed E-state index contributed by atoms with van der Waals surface area (Å²) < 4.78 is 7.62. The second kappa shape index (κ2) is 10.4. The smallest absolute Gasteiger partial charge is 0.235 e. The van der Waals surface area contributed by atoms with Gasteiger partial charge in [0.2, 0.25) is 5.91 Å². The molecule has 2 fully saturated rings. The molecule has 2 aromatic rings. The Labute approximate surface area is 188 Å². The molecule has 0 radical (unpaired) electrons. The van der Waals surface area contributed by atoms with Gasteiger partial charge in [0, 0.05) is 30.9 Å². The maximum atomic E-state index is 12.8. The summed E-state index contributed by atoms with van der Waals surface area (Å²) in [7, 11) is 1.67. The second-order valence-electron chi connectivity index (χ2n) is 8.44. The molecule has 1 saturated heterocycles. The van der Waals surface area contributed by atoms with Crippen molar-refractivity contribution in [2.45, 2.75) is 74.9 Å². The highest BCUT2D eigenvalue weighted by Crippen LogP contribution is 2.34. The number of thioether (sulfide) groups is 1. The van der Waals surface area contributed by atoms with E-state index < -0.39 is 0 Å². The van der Waals surface area contributed by atoms with E-state index in [1.165, 1.54) is 19.3 Å². The number of benzene rings is 1. The van der Waals surface area contributed by atoms with E-state index in [1.807, 2.05) is 36.1 Å². The lowest BCUT2D eigenvalue weighted by atomic mass is 9.95. The summed E-state index contributed by atoms with van der Waals surface area (Å²) >= 11 is 1.56. The fourth-order valence-corrected chi connectivity index (χ4v) is 5.55. The van der Waals surface area contributed by atoms with Crippen LogP contribution in [0.1, 0.15) is 63.7 Å². The largest absolute Gasteiger partial charge is 0.497 e. The van der Waals surface area contributed by atoms with Crippen LogP contribution in [0.3, 0.4) is 0 Å². The summed E-state index contributed by atoms with van der Waals surface area (Å²) in [6, 6.07) is 8.32. The Hall–Kier alpha value is -2.22. The Balaban J connectivity index is 1.51. The summed E-state index contributed by atoms with van der Waals surface area (Å²) in [5.74, 6) is 1.97. The van der Waals surface area contributed by atoms with Crippen molar-refractivity contribution < 1.29 is 9.53 Å². The lowest BCUT2D eigenvalue weighted by Crippen LogP contribution is -2.34. The second-order valence-corrected chi connectivity index (χ2v) is 9.75. The molecular formula is C23H33N5O2S. The van der Waals surface area contributed by atoms with Crippen LogP contribution < -0.4 is 10.1 Å². The number of carbonyl (C=O) groups is 1. The number of carbonyl (C=O) groups excluding carboxylic acids is 1. The Bertz CT molecular complexity index is 875. The number of likely N-dealkylation sites (tertiary alicyclic amines) is 1. The number of ether oxygens (including phenoxy) is 1. The summed E-state index contributed by atoms with van der Waals surface area (Å²) in [6.45, 7) is 4.36. The van der Waals surface area contributed by atoms with Crippen molar-refractivity contribution in [2.75, 3.05) is 25.5 Å². The topological polar surface area (TPSA) is 72.3 Å². The van der Waals surface area contributed by atoms with Gasteiger partial charge < -0.3 is 19.5 Å². The molecule has 1 aliphatic heterocycles. The minimum Gasteiger partial charge on any atom is -0.497 e. The number of methoxy groups -OCH3 is 1. The highest BCUT2D eigenvalue weighted by atomic mass is 32.2. The molecular weight excluding hydrogens is 410 g/mol. The van der Waals surface area contributed by atoms with Gasteiger partial charge in [-0.05, 0) is 44.7 Å². The van der Waals surface area contributed by atoms with Crippen molar-refractivity contribution in [2.24, 2.45) is 0 Å². The van der Waals surface area contributed by atoms with Crippen LogP contribution in [0.5, 0.6) is 5.75 Å². The van der Waals surface area contributed by atoms with Gasteiger partial charge in [0.15, 0.2) is 11.0 Å². The van der Waals surface area contributed by atoms with E-state index in [9.17, 15) is 4.79 Å². The lowest BCUT2D eigenvalue weighted by Gasteiger charge is -2.26. The van der Waals surface area contributed by atoms with Gasteiger partial charge in [-0.15, -0.1) is 10.2 Å². The van der Waals surface area contributed by atoms with E-state index in [1.54, 1.807) is 18.9 Å². The normalized spacial score (nSPS) is 18.2. The van der Waals surface area contributed by atoms with E-state index in [-0.39, 0.29) is 11.2 Å². The zero-order chi connectivity index (χ0) is 21.6. The highest BCUT2D eigenvalue weighted by molar-refractivity contribution is 8.00. The molecule has 1 amide bonds. The monoisotopic (exact) mass is 443 g/mol. The van der Waals surface area contributed by atoms with Gasteiger partial charge in [-0.2, -0.15) is 0 Å². The Kier molecular flexibility index (Phi) is 7.37. The van der Waals surface area contributed by atoms with Crippen LogP contribution in [0, 0.1) is 0 Å². The molecule has 8 heteroatoms. The molecule has 1 aromatic heterocycles. The van der Waals surface area contributed by atoms with Crippen LogP contribution in [0.2, 0.25) is 0 Å². The standard InChI is InChI=1S/C23H33N5O2S/c1-17(22(29)27-13-6-7-14-27)31-23-26-25-21(28(23)19-10-4-3-5-11-19)16-24-18-9-8-12-20(15-18)30-2/h8-9,12,15,17,19,24H,3-7,10-11,13-14,16H2,1-2H3/t17-/m1/s1. The fraction of sp³-hybridized carbons (Fsp3) is 0.609. The first kappa shape index (κ1) is 22.0. The van der Waals surface area contributed by atoms with Gasteiger partial charge >= 0.3 is 0 Å². The van der Waals surface area contributed by atoms with E-state index in [4.69, 9.17) is 4.74 Å². The number of nitrogens with zero attached hydrogens (tertiary/aromatic N) is 4. The molecule has 0 unspecified atom stereocenters. The van der Waals surface area contributed by atoms with Crippen LogP contribution in [0.25, 0.3) is 0 Å². The number of aromatic nitrogens is 3. The highest BCUT2D eigenvalue weighted by Gasteiger charge is 2.28. The fourth-order valence-electron chi connectivity index (χ4n) is 4.53. The SMILES string of the molecule is COc1cccc(NCc2nnc(S[C@H](C)C(=O)N3CCCC3)n2C2CCCCC2)c1. The van der Waals surface area contributed by atoms with Crippen molar-refractivity contribution in [3.05, 3.63) is 30.1 Å². The van der Waals surface area contributed by atoms with E-state index in [0.29, 0.717) is 12.6 Å². The first-order valence-electron chi connectivity index (χ1n) is 11.4. The third-order valence-electron chi connectivity index (χ3n) is 6.24. The van der Waals surface area contributed by atoms with E-state index in [2.05, 4.69) is 20.1 Å². The maximum Gasteiger partial charge on any atom is 0.235 e. The number of anilines is 1. The van der Waals surface area contributed by atoms with Crippen LogP contribution in [0.4, 0.5) is 5.69 Å². The number of amides is 1. The number of nitrogens with one attached hydrogen (secondary N) is 1. The molecule has 2 heterocycles. The van der Waals surface area contributed by atoms with Crippen molar-refractivity contribution in [1.82, 2.24) is 19.7 Å². The number of rotatable bonds is 8. The lowest BCUT2D eigenvalue weighted by molar-refractivity contribution is -0.129. The molecule has 2 aliphatic rings. The molecule has 1 aromatic carbocycles. The first-order chi connectivity index (χ1) is 15.2. The molecule has 4 rings (SSSR count). The van der Waals surface area contributed by atoms with Crippen molar-refractivity contribution >= 4 is 23.4 Å². The molecule has 0 spiro atoms. The van der Waals surface area contributed by atoms with Gasteiger partial charge in [0.05, 0.1) is 18.9 Å². The van der Waals surface area contributed by atoms with E-state index in [0.717, 1.165) is 61.2 Å². The van der Waals surface area contributed by atoms with Crippen molar-refractivity contribution in [1.29, 1.82) is 0 Å². The molecule has 168 valence electrons. The van der Waals surface area contributed by atoms with Crippen LogP contribution in [-0.4, -0.2) is 51.0 Å².